The molecule has 1 aromatic heterocycles. The van der Waals surface area contributed by atoms with Crippen molar-refractivity contribution in [2.75, 3.05) is 0 Å². The molecule has 1 aliphatic heterocycles. The zero-order valence-corrected chi connectivity index (χ0v) is 26.4. The molecule has 0 fully saturated rings. The predicted octanol–water partition coefficient (Wildman–Crippen LogP) is 9.65. The van der Waals surface area contributed by atoms with Crippen molar-refractivity contribution in [3.8, 4) is 33.9 Å². The first-order chi connectivity index (χ1) is 18.9. The van der Waals surface area contributed by atoms with Crippen LogP contribution in [0.2, 0.25) is 0 Å². The minimum atomic E-state index is 0. The molecule has 0 spiro atoms. The van der Waals surface area contributed by atoms with Gasteiger partial charge in [0.25, 0.3) is 0 Å². The molecule has 1 N–H and O–H groups in total. The van der Waals surface area contributed by atoms with E-state index in [1.165, 1.54) is 6.08 Å². The van der Waals surface area contributed by atoms with Gasteiger partial charge in [-0.1, -0.05) is 82.6 Å². The maximum absolute atomic E-state index is 11.7. The Hall–Kier alpha value is -3.27. The molecule has 0 saturated carbocycles. The Balaban J connectivity index is 0.000000243. The van der Waals surface area contributed by atoms with Crippen LogP contribution in [0, 0.1) is 24.8 Å². The summed E-state index contributed by atoms with van der Waals surface area (Å²) in [6.07, 6.45) is 4.91. The summed E-state index contributed by atoms with van der Waals surface area (Å²) in [5, 5.41) is 10.9. The van der Waals surface area contributed by atoms with Gasteiger partial charge < -0.3 is 9.84 Å². The molecule has 1 radical (unpaired) electrons. The van der Waals surface area contributed by atoms with Gasteiger partial charge in [0, 0.05) is 55.0 Å². The second-order valence-corrected chi connectivity index (χ2v) is 10.1. The summed E-state index contributed by atoms with van der Waals surface area (Å²) in [4.78, 5) is 16.7. The number of aryl methyl sites for hydroxylation is 1. The van der Waals surface area contributed by atoms with Crippen LogP contribution >= 0.6 is 0 Å². The molecule has 5 rings (SSSR count). The van der Waals surface area contributed by atoms with Crippen molar-refractivity contribution >= 4 is 16.7 Å². The zero-order chi connectivity index (χ0) is 27.9. The van der Waals surface area contributed by atoms with Crippen molar-refractivity contribution in [3.63, 3.8) is 0 Å². The number of carbonyl (C=O) groups excluding carboxylic acids is 1. The number of pyridine rings is 1. The van der Waals surface area contributed by atoms with E-state index in [4.69, 9.17) is 9.72 Å². The fourth-order valence-electron chi connectivity index (χ4n) is 5.03. The van der Waals surface area contributed by atoms with Gasteiger partial charge in [-0.15, -0.1) is 23.8 Å². The zero-order valence-electron chi connectivity index (χ0n) is 24.0. The fourth-order valence-corrected chi connectivity index (χ4v) is 5.03. The summed E-state index contributed by atoms with van der Waals surface area (Å²) in [6.45, 7) is 10.1. The van der Waals surface area contributed by atoms with Crippen LogP contribution in [0.3, 0.4) is 0 Å². The van der Waals surface area contributed by atoms with Gasteiger partial charge in [0.2, 0.25) is 0 Å². The maximum atomic E-state index is 11.7. The molecule has 0 atom stereocenters. The number of aliphatic hydroxyl groups is 1. The summed E-state index contributed by atoms with van der Waals surface area (Å²) < 4.78 is 6.20. The van der Waals surface area contributed by atoms with Crippen LogP contribution in [0.5, 0.6) is 11.5 Å². The van der Waals surface area contributed by atoms with Crippen molar-refractivity contribution in [1.29, 1.82) is 0 Å². The smallest absolute Gasteiger partial charge is 0.162 e. The van der Waals surface area contributed by atoms with Gasteiger partial charge in [-0.3, -0.25) is 9.78 Å². The Kier molecular flexibility index (Phi) is 11.2. The second-order valence-electron chi connectivity index (χ2n) is 10.1. The fraction of sp³-hybridized carbons (Fsp3) is 0.314. The Morgan fingerprint density at radius 2 is 1.52 bits per heavy atom. The standard InChI is InChI=1S/C22H14NO.C13H24O2.Ir/c1-14-10-11-21-18(12-14)22-17(16-7-3-5-9-20(16)24-21)13-15-6-2-4-8-19(15)23-22;1-5-10(6-2)12(14)9-13(15)11(7-3)8-4;/h2-11,13H,1H3;9-11,14H,5-8H2,1-4H3;/q-1;;/b;12-9-;. The molecule has 40 heavy (non-hydrogen) atoms. The number of ketones is 1. The second kappa shape index (κ2) is 14.4. The van der Waals surface area contributed by atoms with Crippen LogP contribution in [0.4, 0.5) is 0 Å². The number of aromatic nitrogens is 1. The van der Waals surface area contributed by atoms with E-state index >= 15 is 0 Å². The van der Waals surface area contributed by atoms with Crippen molar-refractivity contribution in [3.05, 3.63) is 90.2 Å². The largest absolute Gasteiger partial charge is 0.512 e. The van der Waals surface area contributed by atoms with Crippen molar-refractivity contribution < 1.29 is 34.7 Å². The topological polar surface area (TPSA) is 59.4 Å². The van der Waals surface area contributed by atoms with Gasteiger partial charge in [0.1, 0.15) is 5.75 Å². The minimum absolute atomic E-state index is 0. The number of carbonyl (C=O) groups is 1. The number of fused-ring (bicyclic) bond motifs is 6. The molecular formula is C35H38IrNO3-. The molecule has 5 heteroatoms. The normalized spacial score (nSPS) is 11.8. The van der Waals surface area contributed by atoms with E-state index in [-0.39, 0.29) is 43.5 Å². The Labute approximate surface area is 251 Å². The summed E-state index contributed by atoms with van der Waals surface area (Å²) in [6, 6.07) is 26.0. The average molecular weight is 713 g/mol. The first-order valence-corrected chi connectivity index (χ1v) is 14.0. The molecule has 3 aromatic carbocycles. The van der Waals surface area contributed by atoms with Gasteiger partial charge in [-0.2, -0.15) is 0 Å². The molecule has 0 saturated heterocycles. The van der Waals surface area contributed by atoms with E-state index in [0.717, 1.165) is 76.0 Å². The number of hydrogen-bond acceptors (Lipinski definition) is 4. The molecule has 0 bridgehead atoms. The van der Waals surface area contributed by atoms with Gasteiger partial charge in [-0.05, 0) is 48.8 Å². The van der Waals surface area contributed by atoms with E-state index in [0.29, 0.717) is 0 Å². The molecule has 1 aliphatic rings. The average Bonchev–Trinajstić information content (AvgIpc) is 3.07. The van der Waals surface area contributed by atoms with E-state index in [2.05, 4.69) is 24.3 Å². The van der Waals surface area contributed by atoms with Crippen LogP contribution in [-0.4, -0.2) is 15.9 Å². The summed E-state index contributed by atoms with van der Waals surface area (Å²) in [7, 11) is 0. The van der Waals surface area contributed by atoms with Crippen LogP contribution in [0.15, 0.2) is 78.6 Å². The molecule has 0 amide bonds. The monoisotopic (exact) mass is 713 g/mol. The van der Waals surface area contributed by atoms with Crippen LogP contribution < -0.4 is 4.74 Å². The number of para-hydroxylation sites is 2. The van der Waals surface area contributed by atoms with Crippen LogP contribution in [0.25, 0.3) is 33.3 Å². The Bertz CT molecular complexity index is 1490. The van der Waals surface area contributed by atoms with Crippen LogP contribution in [-0.2, 0) is 24.9 Å². The quantitative estimate of drug-likeness (QED) is 0.104. The molecule has 2 heterocycles. The number of nitrogens with zero attached hydrogens (tertiary/aromatic N) is 1. The molecule has 4 aromatic rings. The summed E-state index contributed by atoms with van der Waals surface area (Å²) in [5.74, 6) is 2.20. The van der Waals surface area contributed by atoms with Gasteiger partial charge in [0.15, 0.2) is 5.78 Å². The third kappa shape index (κ3) is 6.89. The van der Waals surface area contributed by atoms with Crippen molar-refractivity contribution in [2.45, 2.75) is 60.3 Å². The first-order valence-electron chi connectivity index (χ1n) is 14.0. The molecule has 211 valence electrons. The first kappa shape index (κ1) is 31.3. The molecule has 0 aliphatic carbocycles. The number of benzene rings is 3. The van der Waals surface area contributed by atoms with E-state index < -0.39 is 0 Å². The van der Waals surface area contributed by atoms with Gasteiger partial charge in [0.05, 0.1) is 11.3 Å². The summed E-state index contributed by atoms with van der Waals surface area (Å²) in [5.41, 5.74) is 6.06. The van der Waals surface area contributed by atoms with E-state index in [1.54, 1.807) is 0 Å². The number of hydrogen-bond donors (Lipinski definition) is 1. The molecular weight excluding hydrogens is 675 g/mol. The number of ether oxygens (including phenoxy) is 1. The Morgan fingerprint density at radius 3 is 2.23 bits per heavy atom. The summed E-state index contributed by atoms with van der Waals surface area (Å²) >= 11 is 0. The maximum Gasteiger partial charge on any atom is 0.162 e. The van der Waals surface area contributed by atoms with Crippen molar-refractivity contribution in [2.24, 2.45) is 11.8 Å². The van der Waals surface area contributed by atoms with Crippen molar-refractivity contribution in [1.82, 2.24) is 4.98 Å². The minimum Gasteiger partial charge on any atom is -0.512 e. The SMILES string of the molecule is CCC(CC)C(=O)/C=C(\O)C(CC)CC.Cc1[c-]c2c(cc1)Oc1ccccc1-c1cc3ccccc3nc1-2.[Ir]. The third-order valence-electron chi connectivity index (χ3n) is 7.49. The van der Waals surface area contributed by atoms with Gasteiger partial charge in [-0.25, -0.2) is 0 Å². The molecule has 4 nitrogen and oxygen atoms in total. The predicted molar refractivity (Wildman–Crippen MR) is 160 cm³/mol. The van der Waals surface area contributed by atoms with Crippen LogP contribution in [0.1, 0.15) is 58.9 Å². The van der Waals surface area contributed by atoms with E-state index in [1.807, 2.05) is 83.1 Å². The van der Waals surface area contributed by atoms with Gasteiger partial charge >= 0.3 is 0 Å². The number of allylic oxidation sites excluding steroid dienone is 2. The number of rotatable bonds is 7. The van der Waals surface area contributed by atoms with E-state index in [9.17, 15) is 9.90 Å². The third-order valence-corrected chi connectivity index (χ3v) is 7.49. The molecule has 0 unspecified atom stereocenters. The Morgan fingerprint density at radius 1 is 0.875 bits per heavy atom. The number of aliphatic hydroxyl groups excluding tert-OH is 1.